The number of amides is 2. The number of aromatic nitrogens is 1. The maximum atomic E-state index is 13.8. The van der Waals surface area contributed by atoms with Crippen molar-refractivity contribution in [3.63, 3.8) is 0 Å². The molecule has 0 radical (unpaired) electrons. The Bertz CT molecular complexity index is 1220. The summed E-state index contributed by atoms with van der Waals surface area (Å²) >= 11 is 0.821. The first-order valence-corrected chi connectivity index (χ1v) is 13.4. The number of aliphatic hydroxyl groups is 2. The Morgan fingerprint density at radius 2 is 1.59 bits per heavy atom. The van der Waals surface area contributed by atoms with Crippen LogP contribution in [0.2, 0.25) is 0 Å². The molecule has 7 nitrogen and oxygen atoms in total. The van der Waals surface area contributed by atoms with Crippen LogP contribution in [-0.4, -0.2) is 69.5 Å². The van der Waals surface area contributed by atoms with E-state index >= 15 is 0 Å². The van der Waals surface area contributed by atoms with Crippen LogP contribution in [0.15, 0.2) is 18.2 Å². The van der Waals surface area contributed by atoms with E-state index in [1.807, 2.05) is 0 Å². The third-order valence-electron chi connectivity index (χ3n) is 6.59. The van der Waals surface area contributed by atoms with Crippen LogP contribution in [0.25, 0.3) is 10.4 Å². The monoisotopic (exact) mass is 573 g/mol. The van der Waals surface area contributed by atoms with Gasteiger partial charge in [-0.2, -0.15) is 13.2 Å². The van der Waals surface area contributed by atoms with Gasteiger partial charge in [-0.05, 0) is 67.9 Å². The number of thiazole rings is 1. The number of hydrogen-bond acceptors (Lipinski definition) is 6. The molecule has 1 aromatic carbocycles. The zero-order valence-corrected chi connectivity index (χ0v) is 23.7. The zero-order chi connectivity index (χ0) is 29.6. The minimum absolute atomic E-state index is 0.105. The van der Waals surface area contributed by atoms with Crippen molar-refractivity contribution < 1.29 is 37.4 Å². The quantitative estimate of drug-likeness (QED) is 0.425. The number of nitrogens with zero attached hydrogens (tertiary/aromatic N) is 2. The fourth-order valence-electron chi connectivity index (χ4n) is 3.97. The number of hydrogen-bond donors (Lipinski definition) is 3. The molecule has 3 rings (SSSR count). The average molecular weight is 574 g/mol. The summed E-state index contributed by atoms with van der Waals surface area (Å²) in [6.45, 7) is 9.21. The van der Waals surface area contributed by atoms with Crippen LogP contribution < -0.4 is 5.32 Å². The predicted molar refractivity (Wildman–Crippen MR) is 141 cm³/mol. The Morgan fingerprint density at radius 3 is 2.10 bits per heavy atom. The van der Waals surface area contributed by atoms with Gasteiger partial charge in [-0.1, -0.05) is 26.8 Å². The molecule has 2 amide bonds. The molecule has 216 valence electrons. The van der Waals surface area contributed by atoms with Gasteiger partial charge in [-0.15, -0.1) is 11.3 Å². The third-order valence-corrected chi connectivity index (χ3v) is 7.70. The van der Waals surface area contributed by atoms with E-state index in [-0.39, 0.29) is 53.6 Å². The summed E-state index contributed by atoms with van der Waals surface area (Å²) in [5.74, 6) is -1.24. The maximum Gasteiger partial charge on any atom is 0.421 e. The average Bonchev–Trinajstić information content (AvgIpc) is 3.26. The molecule has 1 aliphatic heterocycles. The van der Waals surface area contributed by atoms with E-state index in [1.165, 1.54) is 24.8 Å². The molecular weight excluding hydrogens is 538 g/mol. The van der Waals surface area contributed by atoms with Crippen molar-refractivity contribution in [1.82, 2.24) is 15.2 Å². The van der Waals surface area contributed by atoms with Crippen LogP contribution >= 0.6 is 11.3 Å². The Balaban J connectivity index is 2.19. The third kappa shape index (κ3) is 7.15. The van der Waals surface area contributed by atoms with Gasteiger partial charge in [0.1, 0.15) is 11.9 Å². The molecule has 1 fully saturated rings. The highest BCUT2D eigenvalue weighted by Gasteiger charge is 2.51. The molecule has 1 aromatic heterocycles. The number of carbonyl (C=O) groups is 2. The first-order valence-electron chi connectivity index (χ1n) is 12.6. The molecule has 3 N–H and O–H groups in total. The Labute approximate surface area is 229 Å². The number of rotatable bonds is 6. The molecule has 0 saturated carbocycles. The smallest absolute Gasteiger partial charge is 0.389 e. The van der Waals surface area contributed by atoms with Crippen molar-refractivity contribution in [2.24, 2.45) is 0 Å². The van der Waals surface area contributed by atoms with Crippen LogP contribution in [0, 0.1) is 0 Å². The lowest BCUT2D eigenvalue weighted by Gasteiger charge is -2.30. The Morgan fingerprint density at radius 1 is 1.03 bits per heavy atom. The van der Waals surface area contributed by atoms with Crippen LogP contribution in [-0.2, 0) is 11.0 Å². The molecule has 2 heterocycles. The molecule has 12 heteroatoms. The van der Waals surface area contributed by atoms with Gasteiger partial charge in [-0.3, -0.25) is 9.59 Å². The molecule has 39 heavy (non-hydrogen) atoms. The molecule has 1 aliphatic rings. The summed E-state index contributed by atoms with van der Waals surface area (Å²) in [5.41, 5.74) is -4.94. The molecule has 1 unspecified atom stereocenters. The fraction of sp³-hybridized carbons (Fsp3) is 0.593. The van der Waals surface area contributed by atoms with Crippen LogP contribution in [0.5, 0.6) is 0 Å². The molecule has 1 atom stereocenters. The number of carbonyl (C=O) groups excluding carboxylic acids is 2. The van der Waals surface area contributed by atoms with E-state index in [0.717, 1.165) is 17.4 Å². The van der Waals surface area contributed by atoms with E-state index in [9.17, 15) is 37.4 Å². The first kappa shape index (κ1) is 31.0. The van der Waals surface area contributed by atoms with E-state index in [4.69, 9.17) is 0 Å². The molecule has 0 aliphatic carbocycles. The van der Waals surface area contributed by atoms with Crippen molar-refractivity contribution in [1.29, 1.82) is 0 Å². The number of halogens is 4. The van der Waals surface area contributed by atoms with Crippen molar-refractivity contribution in [2.45, 2.75) is 83.3 Å². The second kappa shape index (κ2) is 10.8. The minimum Gasteiger partial charge on any atom is -0.389 e. The van der Waals surface area contributed by atoms with Crippen LogP contribution in [0.3, 0.4) is 0 Å². The van der Waals surface area contributed by atoms with Crippen molar-refractivity contribution in [2.75, 3.05) is 19.6 Å². The SMILES string of the molecule is CC(C)(O)CNC(=O)c1nc(C(=O)N2CCC(F)CC2)c(-c2cc(C(C)(C)C)cc(C(C)(O)C(F)(F)F)c2)s1. The number of alkyl halides is 4. The predicted octanol–water partition coefficient (Wildman–Crippen LogP) is 4.95. The van der Waals surface area contributed by atoms with Gasteiger partial charge in [-0.25, -0.2) is 9.37 Å². The fourth-order valence-corrected chi connectivity index (χ4v) is 4.93. The van der Waals surface area contributed by atoms with Gasteiger partial charge >= 0.3 is 6.18 Å². The maximum absolute atomic E-state index is 13.8. The number of benzene rings is 1. The molecule has 0 spiro atoms. The van der Waals surface area contributed by atoms with Crippen molar-refractivity contribution in [3.05, 3.63) is 40.0 Å². The largest absolute Gasteiger partial charge is 0.421 e. The Kier molecular flexibility index (Phi) is 8.56. The van der Waals surface area contributed by atoms with Crippen LogP contribution in [0.4, 0.5) is 17.6 Å². The van der Waals surface area contributed by atoms with Gasteiger partial charge in [0, 0.05) is 19.6 Å². The van der Waals surface area contributed by atoms with E-state index in [1.54, 1.807) is 26.8 Å². The zero-order valence-electron chi connectivity index (χ0n) is 22.9. The highest BCUT2D eigenvalue weighted by molar-refractivity contribution is 7.17. The number of likely N-dealkylation sites (tertiary alicyclic amines) is 1. The summed E-state index contributed by atoms with van der Waals surface area (Å²) in [6.07, 6.45) is -5.74. The topological polar surface area (TPSA) is 103 Å². The lowest BCUT2D eigenvalue weighted by atomic mass is 9.82. The highest BCUT2D eigenvalue weighted by Crippen LogP contribution is 2.43. The molecule has 0 bridgehead atoms. The van der Waals surface area contributed by atoms with E-state index in [2.05, 4.69) is 10.3 Å². The van der Waals surface area contributed by atoms with Gasteiger partial charge in [0.25, 0.3) is 11.8 Å². The molecular formula is C27H35F4N3O4S. The highest BCUT2D eigenvalue weighted by atomic mass is 32.1. The second-order valence-electron chi connectivity index (χ2n) is 11.8. The lowest BCUT2D eigenvalue weighted by molar-refractivity contribution is -0.258. The summed E-state index contributed by atoms with van der Waals surface area (Å²) in [5, 5.41) is 22.9. The van der Waals surface area contributed by atoms with E-state index < -0.39 is 46.3 Å². The Hall–Kier alpha value is -2.57. The van der Waals surface area contributed by atoms with Gasteiger partial charge in [0.05, 0.1) is 10.5 Å². The lowest BCUT2D eigenvalue weighted by Crippen LogP contribution is -2.40. The van der Waals surface area contributed by atoms with Gasteiger partial charge in [0.2, 0.25) is 0 Å². The first-order chi connectivity index (χ1) is 17.7. The summed E-state index contributed by atoms with van der Waals surface area (Å²) in [4.78, 5) is 32.2. The molecule has 2 aromatic rings. The molecule has 1 saturated heterocycles. The van der Waals surface area contributed by atoms with Crippen LogP contribution in [0.1, 0.15) is 85.8 Å². The summed E-state index contributed by atoms with van der Waals surface area (Å²) in [7, 11) is 0. The normalized spacial score (nSPS) is 17.2. The van der Waals surface area contributed by atoms with Crippen molar-refractivity contribution >= 4 is 23.2 Å². The van der Waals surface area contributed by atoms with Gasteiger partial charge < -0.3 is 20.4 Å². The van der Waals surface area contributed by atoms with Crippen molar-refractivity contribution in [3.8, 4) is 10.4 Å². The standard InChI is InChI=1S/C27H35F4N3O4S/c1-24(2,3)16-11-15(12-17(13-16)26(6,38)27(29,30)31)20-19(23(36)34-9-7-18(28)8-10-34)33-22(39-20)21(35)32-14-25(4,5)37/h11-13,18,37-38H,7-10,14H2,1-6H3,(H,32,35). The van der Waals surface area contributed by atoms with E-state index in [0.29, 0.717) is 12.5 Å². The number of nitrogens with one attached hydrogen (secondary N) is 1. The second-order valence-corrected chi connectivity index (χ2v) is 12.8. The summed E-state index contributed by atoms with van der Waals surface area (Å²) < 4.78 is 55.2. The minimum atomic E-state index is -4.98. The number of piperidine rings is 1. The van der Waals surface area contributed by atoms with Gasteiger partial charge in [0.15, 0.2) is 10.6 Å². The summed E-state index contributed by atoms with van der Waals surface area (Å²) in [6, 6.07) is 4.05.